The smallest absolute Gasteiger partial charge is 0.335 e. The SMILES string of the molecule is C=CC(=O)Oc1ccccc1NC(C)=O.CCN(CC)CC. The quantitative estimate of drug-likeness (QED) is 0.498. The number of nitrogens with one attached hydrogen (secondary N) is 1. The standard InChI is InChI=1S/C11H11NO3.C6H15N/c1-3-11(14)15-10-7-5-4-6-9(10)12-8(2)13;1-4-7(5-2)6-3/h3-7H,1H2,2H3,(H,12,13);4-6H2,1-3H3. The third-order valence-corrected chi connectivity index (χ3v) is 2.92. The number of carbonyl (C=O) groups is 2. The Morgan fingerprint density at radius 3 is 2.14 bits per heavy atom. The second-order valence-electron chi connectivity index (χ2n) is 4.42. The van der Waals surface area contributed by atoms with E-state index < -0.39 is 5.97 Å². The first kappa shape index (κ1) is 19.9. The van der Waals surface area contributed by atoms with E-state index >= 15 is 0 Å². The normalized spacial score (nSPS) is 9.50. The van der Waals surface area contributed by atoms with Gasteiger partial charge in [-0.25, -0.2) is 4.79 Å². The molecule has 0 aromatic heterocycles. The number of esters is 1. The Morgan fingerprint density at radius 2 is 1.73 bits per heavy atom. The summed E-state index contributed by atoms with van der Waals surface area (Å²) in [5, 5.41) is 2.55. The number of para-hydroxylation sites is 2. The molecule has 1 N–H and O–H groups in total. The zero-order chi connectivity index (χ0) is 17.0. The van der Waals surface area contributed by atoms with Crippen molar-refractivity contribution in [1.29, 1.82) is 0 Å². The monoisotopic (exact) mass is 306 g/mol. The van der Waals surface area contributed by atoms with E-state index in [1.165, 1.54) is 26.6 Å². The second-order valence-corrected chi connectivity index (χ2v) is 4.42. The van der Waals surface area contributed by atoms with Gasteiger partial charge < -0.3 is 15.0 Å². The van der Waals surface area contributed by atoms with E-state index in [1.54, 1.807) is 24.3 Å². The lowest BCUT2D eigenvalue weighted by Gasteiger charge is -2.13. The first-order chi connectivity index (χ1) is 10.5. The molecule has 0 fully saturated rings. The van der Waals surface area contributed by atoms with Gasteiger partial charge in [-0.1, -0.05) is 39.5 Å². The van der Waals surface area contributed by atoms with Crippen molar-refractivity contribution < 1.29 is 14.3 Å². The highest BCUT2D eigenvalue weighted by Gasteiger charge is 2.06. The highest BCUT2D eigenvalue weighted by Crippen LogP contribution is 2.23. The molecule has 122 valence electrons. The van der Waals surface area contributed by atoms with Crippen LogP contribution >= 0.6 is 0 Å². The van der Waals surface area contributed by atoms with Gasteiger partial charge in [0.15, 0.2) is 5.75 Å². The molecule has 0 saturated carbocycles. The molecule has 0 aliphatic heterocycles. The van der Waals surface area contributed by atoms with Crippen molar-refractivity contribution >= 4 is 17.6 Å². The molecule has 0 saturated heterocycles. The minimum atomic E-state index is -0.562. The second kappa shape index (κ2) is 11.5. The number of rotatable bonds is 6. The van der Waals surface area contributed by atoms with Crippen molar-refractivity contribution in [3.05, 3.63) is 36.9 Å². The summed E-state index contributed by atoms with van der Waals surface area (Å²) < 4.78 is 4.92. The van der Waals surface area contributed by atoms with Crippen molar-refractivity contribution in [1.82, 2.24) is 4.90 Å². The maximum Gasteiger partial charge on any atom is 0.335 e. The lowest BCUT2D eigenvalue weighted by molar-refractivity contribution is -0.129. The van der Waals surface area contributed by atoms with E-state index in [1.807, 2.05) is 0 Å². The molecule has 5 nitrogen and oxygen atoms in total. The molecule has 1 amide bonds. The lowest BCUT2D eigenvalue weighted by Crippen LogP contribution is -2.21. The fraction of sp³-hybridized carbons (Fsp3) is 0.412. The zero-order valence-corrected chi connectivity index (χ0v) is 13.9. The van der Waals surface area contributed by atoms with Gasteiger partial charge in [0.2, 0.25) is 5.91 Å². The van der Waals surface area contributed by atoms with E-state index in [0.717, 1.165) is 6.08 Å². The Morgan fingerprint density at radius 1 is 1.18 bits per heavy atom. The predicted molar refractivity (Wildman–Crippen MR) is 90.0 cm³/mol. The summed E-state index contributed by atoms with van der Waals surface area (Å²) in [6, 6.07) is 6.67. The number of hydrogen-bond donors (Lipinski definition) is 1. The fourth-order valence-electron chi connectivity index (χ4n) is 1.67. The van der Waals surface area contributed by atoms with E-state index in [4.69, 9.17) is 4.74 Å². The molecule has 0 atom stereocenters. The minimum Gasteiger partial charge on any atom is -0.421 e. The van der Waals surface area contributed by atoms with Gasteiger partial charge >= 0.3 is 5.97 Å². The van der Waals surface area contributed by atoms with Gasteiger partial charge in [-0.3, -0.25) is 4.79 Å². The maximum atomic E-state index is 11.0. The first-order valence-corrected chi connectivity index (χ1v) is 7.41. The van der Waals surface area contributed by atoms with Gasteiger partial charge in [-0.05, 0) is 31.8 Å². The summed E-state index contributed by atoms with van der Waals surface area (Å²) in [5.41, 5.74) is 0.459. The lowest BCUT2D eigenvalue weighted by atomic mass is 10.3. The van der Waals surface area contributed by atoms with Crippen molar-refractivity contribution in [3.8, 4) is 5.75 Å². The molecule has 1 aromatic rings. The van der Waals surface area contributed by atoms with Gasteiger partial charge in [0, 0.05) is 13.0 Å². The van der Waals surface area contributed by atoms with Crippen LogP contribution in [0.1, 0.15) is 27.7 Å². The Balaban J connectivity index is 0.000000534. The predicted octanol–water partition coefficient (Wildman–Crippen LogP) is 3.08. The maximum absolute atomic E-state index is 11.0. The number of ether oxygens (including phenoxy) is 1. The third kappa shape index (κ3) is 8.21. The number of carbonyl (C=O) groups excluding carboxylic acids is 2. The molecule has 0 aliphatic carbocycles. The van der Waals surface area contributed by atoms with E-state index in [2.05, 4.69) is 37.6 Å². The Kier molecular flexibility index (Phi) is 10.4. The van der Waals surface area contributed by atoms with Gasteiger partial charge in [0.25, 0.3) is 0 Å². The summed E-state index contributed by atoms with van der Waals surface area (Å²) in [4.78, 5) is 24.2. The Bertz CT molecular complexity index is 477. The average Bonchev–Trinajstić information content (AvgIpc) is 2.51. The summed E-state index contributed by atoms with van der Waals surface area (Å²) >= 11 is 0. The van der Waals surface area contributed by atoms with Gasteiger partial charge in [0.05, 0.1) is 5.69 Å². The molecule has 1 rings (SSSR count). The van der Waals surface area contributed by atoms with Crippen LogP contribution in [-0.2, 0) is 9.59 Å². The summed E-state index contributed by atoms with van der Waals surface area (Å²) in [7, 11) is 0. The van der Waals surface area contributed by atoms with Crippen LogP contribution in [0.2, 0.25) is 0 Å². The van der Waals surface area contributed by atoms with Crippen molar-refractivity contribution in [3.63, 3.8) is 0 Å². The minimum absolute atomic E-state index is 0.225. The number of anilines is 1. The highest BCUT2D eigenvalue weighted by molar-refractivity contribution is 5.92. The van der Waals surface area contributed by atoms with Crippen LogP contribution in [0.15, 0.2) is 36.9 Å². The molecule has 22 heavy (non-hydrogen) atoms. The first-order valence-electron chi connectivity index (χ1n) is 7.41. The Labute approximate surface area is 133 Å². The summed E-state index contributed by atoms with van der Waals surface area (Å²) in [5.74, 6) is -0.484. The Hall–Kier alpha value is -2.14. The molecule has 5 heteroatoms. The zero-order valence-electron chi connectivity index (χ0n) is 13.9. The molecule has 0 bridgehead atoms. The number of hydrogen-bond acceptors (Lipinski definition) is 4. The molecule has 0 radical (unpaired) electrons. The molecule has 0 aliphatic rings. The van der Waals surface area contributed by atoms with Crippen LogP contribution in [0.3, 0.4) is 0 Å². The molecular formula is C17H26N2O3. The van der Waals surface area contributed by atoms with E-state index in [9.17, 15) is 9.59 Å². The third-order valence-electron chi connectivity index (χ3n) is 2.92. The van der Waals surface area contributed by atoms with Crippen LogP contribution in [-0.4, -0.2) is 36.4 Å². The van der Waals surface area contributed by atoms with Crippen molar-refractivity contribution in [2.75, 3.05) is 25.0 Å². The van der Waals surface area contributed by atoms with Gasteiger partial charge in [0.1, 0.15) is 0 Å². The van der Waals surface area contributed by atoms with Crippen LogP contribution in [0.25, 0.3) is 0 Å². The average molecular weight is 306 g/mol. The van der Waals surface area contributed by atoms with Crippen LogP contribution < -0.4 is 10.1 Å². The molecule has 1 aromatic carbocycles. The molecule has 0 spiro atoms. The number of amides is 1. The van der Waals surface area contributed by atoms with Crippen LogP contribution in [0.4, 0.5) is 5.69 Å². The summed E-state index contributed by atoms with van der Waals surface area (Å²) in [6.07, 6.45) is 1.06. The fourth-order valence-corrected chi connectivity index (χ4v) is 1.67. The molecular weight excluding hydrogens is 280 g/mol. The van der Waals surface area contributed by atoms with Gasteiger partial charge in [-0.15, -0.1) is 0 Å². The van der Waals surface area contributed by atoms with Crippen molar-refractivity contribution in [2.45, 2.75) is 27.7 Å². The number of benzene rings is 1. The molecule has 0 unspecified atom stereocenters. The van der Waals surface area contributed by atoms with E-state index in [0.29, 0.717) is 11.4 Å². The number of nitrogens with zero attached hydrogens (tertiary/aromatic N) is 1. The molecule has 0 heterocycles. The summed E-state index contributed by atoms with van der Waals surface area (Å²) in [6.45, 7) is 14.8. The van der Waals surface area contributed by atoms with E-state index in [-0.39, 0.29) is 5.91 Å². The topological polar surface area (TPSA) is 58.6 Å². The highest BCUT2D eigenvalue weighted by atomic mass is 16.5. The largest absolute Gasteiger partial charge is 0.421 e. The van der Waals surface area contributed by atoms with Crippen LogP contribution in [0, 0.1) is 0 Å². The van der Waals surface area contributed by atoms with Gasteiger partial charge in [-0.2, -0.15) is 0 Å². The van der Waals surface area contributed by atoms with Crippen LogP contribution in [0.5, 0.6) is 5.75 Å². The van der Waals surface area contributed by atoms with Crippen molar-refractivity contribution in [2.24, 2.45) is 0 Å².